The van der Waals surface area contributed by atoms with Gasteiger partial charge in [-0.1, -0.05) is 29.8 Å². The maximum absolute atomic E-state index is 12.7. The summed E-state index contributed by atoms with van der Waals surface area (Å²) in [4.78, 5) is 31.8. The molecule has 0 fully saturated rings. The van der Waals surface area contributed by atoms with Crippen LogP contribution in [0.15, 0.2) is 35.7 Å². The van der Waals surface area contributed by atoms with E-state index in [1.54, 1.807) is 34.4 Å². The van der Waals surface area contributed by atoms with Crippen LogP contribution in [-0.2, 0) is 33.1 Å². The lowest BCUT2D eigenvalue weighted by molar-refractivity contribution is -0.788. The number of fused-ring (bicyclic) bond motifs is 1. The van der Waals surface area contributed by atoms with Crippen LogP contribution in [0.3, 0.4) is 0 Å². The number of hydrogen-bond acceptors (Lipinski definition) is 7. The van der Waals surface area contributed by atoms with Crippen LogP contribution in [0.2, 0.25) is 5.02 Å². The van der Waals surface area contributed by atoms with Gasteiger partial charge >= 0.3 is 5.97 Å². The highest BCUT2D eigenvalue weighted by molar-refractivity contribution is 7.10. The Bertz CT molecular complexity index is 811. The summed E-state index contributed by atoms with van der Waals surface area (Å²) in [6.07, 6.45) is 0.650. The van der Waals surface area contributed by atoms with Crippen LogP contribution >= 0.6 is 22.9 Å². The zero-order chi connectivity index (χ0) is 18.0. The van der Waals surface area contributed by atoms with E-state index in [4.69, 9.17) is 21.2 Å². The summed E-state index contributed by atoms with van der Waals surface area (Å²) < 4.78 is 4.88. The number of halogens is 1. The molecule has 7 nitrogen and oxygen atoms in total. The van der Waals surface area contributed by atoms with Crippen LogP contribution in [0.5, 0.6) is 0 Å². The second-order valence-electron chi connectivity index (χ2n) is 5.47. The van der Waals surface area contributed by atoms with Crippen LogP contribution in [0.4, 0.5) is 0 Å². The second-order valence-corrected chi connectivity index (χ2v) is 6.88. The Labute approximate surface area is 152 Å². The molecule has 0 aliphatic carbocycles. The number of carbonyl (C=O) groups excluding carboxylic acids is 1. The van der Waals surface area contributed by atoms with E-state index in [0.717, 1.165) is 12.7 Å². The molecule has 1 aromatic carbocycles. The van der Waals surface area contributed by atoms with E-state index in [0.29, 0.717) is 19.5 Å². The van der Waals surface area contributed by atoms with Gasteiger partial charge in [0, 0.05) is 28.6 Å². The fraction of sp³-hybridized carbons (Fsp3) is 0.312. The minimum Gasteiger partial charge on any atom is -0.466 e. The summed E-state index contributed by atoms with van der Waals surface area (Å²) >= 11 is 7.88. The number of benzene rings is 1. The smallest absolute Gasteiger partial charge is 0.358 e. The molecule has 0 amide bonds. The van der Waals surface area contributed by atoms with Gasteiger partial charge in [-0.25, -0.2) is 4.79 Å². The Hall–Kier alpha value is -2.16. The van der Waals surface area contributed by atoms with Crippen LogP contribution in [0.25, 0.3) is 0 Å². The van der Waals surface area contributed by atoms with Gasteiger partial charge in [-0.2, -0.15) is 0 Å². The first-order chi connectivity index (χ1) is 12.0. The van der Waals surface area contributed by atoms with Crippen molar-refractivity contribution < 1.29 is 19.5 Å². The van der Waals surface area contributed by atoms with Gasteiger partial charge in [-0.05, 0) is 29.5 Å². The van der Waals surface area contributed by atoms with Crippen molar-refractivity contribution in [2.45, 2.75) is 18.7 Å². The monoisotopic (exact) mass is 382 g/mol. The molecule has 2 aromatic rings. The molecule has 0 bridgehead atoms. The maximum Gasteiger partial charge on any atom is 0.358 e. The van der Waals surface area contributed by atoms with Gasteiger partial charge < -0.3 is 4.74 Å². The third-order valence-electron chi connectivity index (χ3n) is 4.16. The Balaban J connectivity index is 2.15. The zero-order valence-electron chi connectivity index (χ0n) is 13.3. The largest absolute Gasteiger partial charge is 0.466 e. The van der Waals surface area contributed by atoms with Gasteiger partial charge in [0.1, 0.15) is 0 Å². The molecular weight excluding hydrogens is 368 g/mol. The number of hydrogen-bond donors (Lipinski definition) is 0. The van der Waals surface area contributed by atoms with Gasteiger partial charge in [0.2, 0.25) is 0 Å². The molecule has 132 valence electrons. The van der Waals surface area contributed by atoms with E-state index in [9.17, 15) is 14.9 Å². The molecule has 1 aromatic heterocycles. The first-order valence-electron chi connectivity index (χ1n) is 7.46. The lowest BCUT2D eigenvalue weighted by Crippen LogP contribution is -2.56. The van der Waals surface area contributed by atoms with E-state index < -0.39 is 16.8 Å². The van der Waals surface area contributed by atoms with E-state index in [1.807, 2.05) is 11.4 Å². The van der Waals surface area contributed by atoms with Gasteiger partial charge in [-0.15, -0.1) is 21.5 Å². The number of methoxy groups -OCH3 is 1. The van der Waals surface area contributed by atoms with Gasteiger partial charge in [0.05, 0.1) is 7.11 Å². The highest BCUT2D eigenvalue weighted by atomic mass is 35.5. The topological polar surface area (TPSA) is 81.9 Å². The second kappa shape index (κ2) is 6.99. The first-order valence-corrected chi connectivity index (χ1v) is 8.72. The molecule has 1 atom stereocenters. The van der Waals surface area contributed by atoms with Crippen LogP contribution in [0.1, 0.15) is 16.0 Å². The molecule has 0 N–H and O–H groups in total. The van der Waals surface area contributed by atoms with Crippen molar-refractivity contribution in [2.24, 2.45) is 0 Å². The first kappa shape index (κ1) is 17.7. The van der Waals surface area contributed by atoms with Crippen molar-refractivity contribution in [3.63, 3.8) is 0 Å². The van der Waals surface area contributed by atoms with Crippen molar-refractivity contribution in [3.05, 3.63) is 66.9 Å². The van der Waals surface area contributed by atoms with Crippen molar-refractivity contribution in [2.75, 3.05) is 13.7 Å². The molecule has 0 radical (unpaired) electrons. The molecule has 1 aliphatic heterocycles. The summed E-state index contributed by atoms with van der Waals surface area (Å²) in [7, 11) is 1.16. The van der Waals surface area contributed by atoms with Crippen LogP contribution in [0, 0.1) is 10.1 Å². The minimum atomic E-state index is -2.06. The molecule has 3 rings (SSSR count). The normalized spacial score (nSPS) is 16.6. The van der Waals surface area contributed by atoms with Gasteiger partial charge in [0.25, 0.3) is 10.8 Å². The highest BCUT2D eigenvalue weighted by Gasteiger charge is 2.53. The molecule has 0 saturated carbocycles. The summed E-state index contributed by atoms with van der Waals surface area (Å²) in [5.74, 6) is -0.893. The Kier molecular flexibility index (Phi) is 4.94. The number of thiophene rings is 1. The van der Waals surface area contributed by atoms with E-state index >= 15 is 0 Å². The lowest BCUT2D eigenvalue weighted by Gasteiger charge is -2.41. The molecule has 9 heteroatoms. The average Bonchev–Trinajstić information content (AvgIpc) is 3.07. The third-order valence-corrected chi connectivity index (χ3v) is 5.51. The summed E-state index contributed by atoms with van der Waals surface area (Å²) in [5, 5.41) is 12.4. The molecular formula is C16H15ClN2O5S. The van der Waals surface area contributed by atoms with Gasteiger partial charge in [0.15, 0.2) is 0 Å². The van der Waals surface area contributed by atoms with E-state index in [2.05, 4.69) is 0 Å². The summed E-state index contributed by atoms with van der Waals surface area (Å²) in [6.45, 7) is 0.703. The number of esters is 1. The molecule has 1 aliphatic rings. The maximum atomic E-state index is 12.7. The van der Waals surface area contributed by atoms with Crippen molar-refractivity contribution in [1.29, 1.82) is 0 Å². The quantitative estimate of drug-likeness (QED) is 0.449. The predicted molar refractivity (Wildman–Crippen MR) is 91.7 cm³/mol. The Morgan fingerprint density at radius 2 is 2.16 bits per heavy atom. The molecule has 25 heavy (non-hydrogen) atoms. The Morgan fingerprint density at radius 3 is 2.84 bits per heavy atom. The van der Waals surface area contributed by atoms with Crippen molar-refractivity contribution >= 4 is 28.9 Å². The highest BCUT2D eigenvalue weighted by Crippen LogP contribution is 2.39. The fourth-order valence-electron chi connectivity index (χ4n) is 3.05. The molecule has 0 spiro atoms. The standard InChI is InChI=1S/C16H15ClN2O5S/c1-23-15(20)16(24-19(21)22,12-4-2-3-5-13(12)17)18-8-6-14-11(10-18)7-9-25-14/h2-5,7,9H,6,8,10H2,1H3/t16-/m0/s1. The number of ether oxygens (including phenoxy) is 1. The minimum absolute atomic E-state index is 0.180. The lowest BCUT2D eigenvalue weighted by atomic mass is 9.97. The summed E-state index contributed by atoms with van der Waals surface area (Å²) in [6, 6.07) is 8.34. The van der Waals surface area contributed by atoms with Crippen LogP contribution in [-0.4, -0.2) is 29.6 Å². The predicted octanol–water partition coefficient (Wildman–Crippen LogP) is 2.99. The Morgan fingerprint density at radius 1 is 1.40 bits per heavy atom. The van der Waals surface area contributed by atoms with Crippen molar-refractivity contribution in [3.8, 4) is 0 Å². The van der Waals surface area contributed by atoms with Crippen LogP contribution < -0.4 is 0 Å². The zero-order valence-corrected chi connectivity index (χ0v) is 14.9. The number of carbonyl (C=O) groups is 1. The fourth-order valence-corrected chi connectivity index (χ4v) is 4.21. The molecule has 0 unspecified atom stereocenters. The molecule has 0 saturated heterocycles. The average molecular weight is 383 g/mol. The number of rotatable bonds is 5. The van der Waals surface area contributed by atoms with Crippen molar-refractivity contribution in [1.82, 2.24) is 4.90 Å². The molecule has 2 heterocycles. The third kappa shape index (κ3) is 3.08. The number of nitrogens with zero attached hydrogens (tertiary/aromatic N) is 2. The summed E-state index contributed by atoms with van der Waals surface area (Å²) in [5.41, 5.74) is -0.877. The SMILES string of the molecule is COC(=O)[C@@](O[N+](=O)[O-])(c1ccccc1Cl)N1CCc2sccc2C1. The van der Waals surface area contributed by atoms with Gasteiger partial charge in [-0.3, -0.25) is 9.74 Å². The van der Waals surface area contributed by atoms with E-state index in [-0.39, 0.29) is 10.6 Å². The van der Waals surface area contributed by atoms with E-state index in [1.165, 1.54) is 10.9 Å².